The van der Waals surface area contributed by atoms with Crippen LogP contribution in [0, 0.1) is 12.7 Å². The summed E-state index contributed by atoms with van der Waals surface area (Å²) in [6, 6.07) is 5.42. The molecule has 1 N–H and O–H groups in total. The van der Waals surface area contributed by atoms with Crippen LogP contribution in [0.2, 0.25) is 0 Å². The van der Waals surface area contributed by atoms with Crippen molar-refractivity contribution in [3.63, 3.8) is 0 Å². The number of piperidine rings is 1. The molecule has 0 aliphatic carbocycles. The summed E-state index contributed by atoms with van der Waals surface area (Å²) in [5, 5.41) is 3.50. The zero-order valence-corrected chi connectivity index (χ0v) is 9.96. The Balaban J connectivity index is 2.02. The smallest absolute Gasteiger partial charge is 0.123 e. The van der Waals surface area contributed by atoms with E-state index in [4.69, 9.17) is 0 Å². The maximum Gasteiger partial charge on any atom is 0.123 e. The summed E-state index contributed by atoms with van der Waals surface area (Å²) in [5.41, 5.74) is 2.04. The van der Waals surface area contributed by atoms with E-state index in [9.17, 15) is 4.39 Å². The number of likely N-dealkylation sites (tertiary alicyclic amines) is 1. The average molecular weight is 222 g/mol. The molecule has 2 rings (SSSR count). The number of rotatable bonds is 2. The fraction of sp³-hybridized carbons (Fsp3) is 0.538. The van der Waals surface area contributed by atoms with E-state index in [2.05, 4.69) is 17.3 Å². The van der Waals surface area contributed by atoms with Gasteiger partial charge in [0.25, 0.3) is 0 Å². The molecule has 1 fully saturated rings. The van der Waals surface area contributed by atoms with Crippen molar-refractivity contribution in [3.05, 3.63) is 29.6 Å². The lowest BCUT2D eigenvalue weighted by Gasteiger charge is -2.31. The molecule has 1 unspecified atom stereocenters. The number of likely N-dealkylation sites (N-methyl/N-ethyl adjacent to an activating group) is 1. The third kappa shape index (κ3) is 2.73. The molecule has 2 nitrogen and oxygen atoms in total. The fourth-order valence-electron chi connectivity index (χ4n) is 2.29. The number of nitrogens with zero attached hydrogens (tertiary/aromatic N) is 1. The number of nitrogens with one attached hydrogen (secondary N) is 1. The van der Waals surface area contributed by atoms with E-state index in [0.717, 1.165) is 17.8 Å². The minimum atomic E-state index is -0.163. The Morgan fingerprint density at radius 3 is 2.94 bits per heavy atom. The first-order valence-corrected chi connectivity index (χ1v) is 5.86. The molecule has 1 aromatic carbocycles. The Morgan fingerprint density at radius 1 is 1.44 bits per heavy atom. The molecule has 3 heteroatoms. The highest BCUT2D eigenvalue weighted by molar-refractivity contribution is 5.51. The minimum Gasteiger partial charge on any atom is -0.381 e. The molecule has 1 aliphatic heterocycles. The standard InChI is InChI=1S/C13H19FN2/c1-10-8-11(14)5-6-13(10)15-12-4-3-7-16(2)9-12/h5-6,8,12,15H,3-4,7,9H2,1-2H3. The highest BCUT2D eigenvalue weighted by Crippen LogP contribution is 2.19. The van der Waals surface area contributed by atoms with Crippen LogP contribution in [-0.2, 0) is 0 Å². The van der Waals surface area contributed by atoms with Crippen molar-refractivity contribution in [1.29, 1.82) is 0 Å². The van der Waals surface area contributed by atoms with Gasteiger partial charge in [-0.2, -0.15) is 0 Å². The second-order valence-corrected chi connectivity index (χ2v) is 4.70. The van der Waals surface area contributed by atoms with Crippen molar-refractivity contribution in [2.45, 2.75) is 25.8 Å². The Morgan fingerprint density at radius 2 is 2.25 bits per heavy atom. The fourth-order valence-corrected chi connectivity index (χ4v) is 2.29. The number of hydrogen-bond acceptors (Lipinski definition) is 2. The summed E-state index contributed by atoms with van der Waals surface area (Å²) >= 11 is 0. The van der Waals surface area contributed by atoms with Gasteiger partial charge >= 0.3 is 0 Å². The van der Waals surface area contributed by atoms with Crippen LogP contribution in [0.15, 0.2) is 18.2 Å². The molecule has 1 saturated heterocycles. The quantitative estimate of drug-likeness (QED) is 0.827. The molecular formula is C13H19FN2. The van der Waals surface area contributed by atoms with Crippen LogP contribution in [0.3, 0.4) is 0 Å². The van der Waals surface area contributed by atoms with Crippen molar-refractivity contribution in [2.75, 3.05) is 25.5 Å². The highest BCUT2D eigenvalue weighted by Gasteiger charge is 2.17. The van der Waals surface area contributed by atoms with Crippen LogP contribution in [0.5, 0.6) is 0 Å². The Bertz CT molecular complexity index is 365. The minimum absolute atomic E-state index is 0.163. The third-order valence-corrected chi connectivity index (χ3v) is 3.17. The molecular weight excluding hydrogens is 203 g/mol. The first-order chi connectivity index (χ1) is 7.65. The first kappa shape index (κ1) is 11.4. The van der Waals surface area contributed by atoms with Gasteiger partial charge in [0.2, 0.25) is 0 Å². The molecule has 0 aromatic heterocycles. The Kier molecular flexibility index (Phi) is 3.44. The van der Waals surface area contributed by atoms with Crippen molar-refractivity contribution >= 4 is 5.69 Å². The van der Waals surface area contributed by atoms with Crippen molar-refractivity contribution in [2.24, 2.45) is 0 Å². The topological polar surface area (TPSA) is 15.3 Å². The monoisotopic (exact) mass is 222 g/mol. The van der Waals surface area contributed by atoms with Crippen LogP contribution in [-0.4, -0.2) is 31.1 Å². The molecule has 88 valence electrons. The van der Waals surface area contributed by atoms with Crippen molar-refractivity contribution in [3.8, 4) is 0 Å². The normalized spacial score (nSPS) is 22.1. The van der Waals surface area contributed by atoms with Gasteiger partial charge in [-0.3, -0.25) is 0 Å². The van der Waals surface area contributed by atoms with Crippen LogP contribution in [0.4, 0.5) is 10.1 Å². The van der Waals surface area contributed by atoms with Gasteiger partial charge in [0.1, 0.15) is 5.82 Å². The molecule has 0 bridgehead atoms. The van der Waals surface area contributed by atoms with Gasteiger partial charge in [0, 0.05) is 18.3 Å². The summed E-state index contributed by atoms with van der Waals surface area (Å²) in [6.07, 6.45) is 2.43. The summed E-state index contributed by atoms with van der Waals surface area (Å²) < 4.78 is 13.0. The average Bonchev–Trinajstić information content (AvgIpc) is 2.22. The molecule has 0 amide bonds. The molecule has 0 saturated carbocycles. The predicted molar refractivity (Wildman–Crippen MR) is 65.3 cm³/mol. The summed E-state index contributed by atoms with van der Waals surface area (Å²) in [5.74, 6) is -0.163. The lowest BCUT2D eigenvalue weighted by Crippen LogP contribution is -2.39. The van der Waals surface area contributed by atoms with Gasteiger partial charge in [-0.25, -0.2) is 4.39 Å². The van der Waals surface area contributed by atoms with Crippen molar-refractivity contribution in [1.82, 2.24) is 4.90 Å². The van der Waals surface area contributed by atoms with Gasteiger partial charge in [0.15, 0.2) is 0 Å². The van der Waals surface area contributed by atoms with E-state index < -0.39 is 0 Å². The molecule has 16 heavy (non-hydrogen) atoms. The molecule has 1 heterocycles. The van der Waals surface area contributed by atoms with E-state index in [1.165, 1.54) is 25.5 Å². The second-order valence-electron chi connectivity index (χ2n) is 4.70. The predicted octanol–water partition coefficient (Wildman–Crippen LogP) is 2.64. The summed E-state index contributed by atoms with van der Waals surface area (Å²) in [7, 11) is 2.14. The lowest BCUT2D eigenvalue weighted by molar-refractivity contribution is 0.261. The first-order valence-electron chi connectivity index (χ1n) is 5.86. The number of aryl methyl sites for hydroxylation is 1. The van der Waals surface area contributed by atoms with E-state index in [0.29, 0.717) is 6.04 Å². The molecule has 1 atom stereocenters. The third-order valence-electron chi connectivity index (χ3n) is 3.17. The van der Waals surface area contributed by atoms with E-state index in [-0.39, 0.29) is 5.82 Å². The Hall–Kier alpha value is -1.09. The van der Waals surface area contributed by atoms with E-state index in [1.807, 2.05) is 13.0 Å². The van der Waals surface area contributed by atoms with Crippen molar-refractivity contribution < 1.29 is 4.39 Å². The molecule has 1 aliphatic rings. The zero-order chi connectivity index (χ0) is 11.5. The van der Waals surface area contributed by atoms with E-state index in [1.54, 1.807) is 6.07 Å². The van der Waals surface area contributed by atoms with Crippen LogP contribution in [0.25, 0.3) is 0 Å². The molecule has 1 aromatic rings. The summed E-state index contributed by atoms with van der Waals surface area (Å²) in [6.45, 7) is 4.19. The van der Waals surface area contributed by atoms with Gasteiger partial charge in [0.05, 0.1) is 0 Å². The number of halogens is 1. The maximum atomic E-state index is 13.0. The number of benzene rings is 1. The van der Waals surface area contributed by atoms with Gasteiger partial charge in [-0.15, -0.1) is 0 Å². The van der Waals surface area contributed by atoms with Gasteiger partial charge in [-0.05, 0) is 57.1 Å². The lowest BCUT2D eigenvalue weighted by atomic mass is 10.1. The van der Waals surface area contributed by atoms with Crippen LogP contribution < -0.4 is 5.32 Å². The van der Waals surface area contributed by atoms with Crippen LogP contribution in [0.1, 0.15) is 18.4 Å². The van der Waals surface area contributed by atoms with E-state index >= 15 is 0 Å². The van der Waals surface area contributed by atoms with Gasteiger partial charge in [-0.1, -0.05) is 0 Å². The zero-order valence-electron chi connectivity index (χ0n) is 9.96. The Labute approximate surface area is 96.5 Å². The molecule has 0 spiro atoms. The second kappa shape index (κ2) is 4.83. The van der Waals surface area contributed by atoms with Gasteiger partial charge < -0.3 is 10.2 Å². The largest absolute Gasteiger partial charge is 0.381 e. The molecule has 0 radical (unpaired) electrons. The highest BCUT2D eigenvalue weighted by atomic mass is 19.1. The number of hydrogen-bond donors (Lipinski definition) is 1. The van der Waals surface area contributed by atoms with Crippen LogP contribution >= 0.6 is 0 Å². The maximum absolute atomic E-state index is 13.0. The summed E-state index contributed by atoms with van der Waals surface area (Å²) in [4.78, 5) is 2.33. The SMILES string of the molecule is Cc1cc(F)ccc1NC1CCCN(C)C1. The number of anilines is 1.